The Labute approximate surface area is 187 Å². The first kappa shape index (κ1) is 25.1. The standard InChI is InChI=1S/C22H32N4O6/c1-5-32-22(29)24-17(11-14(2)3)13-23-20(27)19-7-6-10-25(19)21(28)16-8-9-18(26(30)31)15(4)12-16/h8-9,12,14,17,19H,5-7,10-11,13H2,1-4H3,(H,23,27)(H,24,29). The van der Waals surface area contributed by atoms with Gasteiger partial charge in [0.05, 0.1) is 11.5 Å². The van der Waals surface area contributed by atoms with E-state index in [1.165, 1.54) is 23.1 Å². The predicted molar refractivity (Wildman–Crippen MR) is 118 cm³/mol. The Morgan fingerprint density at radius 1 is 1.31 bits per heavy atom. The van der Waals surface area contributed by atoms with Crippen LogP contribution in [0.1, 0.15) is 56.0 Å². The fourth-order valence-electron chi connectivity index (χ4n) is 3.88. The molecule has 32 heavy (non-hydrogen) atoms. The van der Waals surface area contributed by atoms with Crippen LogP contribution in [-0.2, 0) is 9.53 Å². The molecule has 1 aromatic rings. The molecule has 176 valence electrons. The van der Waals surface area contributed by atoms with E-state index in [1.54, 1.807) is 13.8 Å². The van der Waals surface area contributed by atoms with E-state index in [0.717, 1.165) is 0 Å². The van der Waals surface area contributed by atoms with Crippen LogP contribution in [0.2, 0.25) is 0 Å². The molecular weight excluding hydrogens is 416 g/mol. The summed E-state index contributed by atoms with van der Waals surface area (Å²) < 4.78 is 4.93. The number of carbonyl (C=O) groups is 3. The molecule has 0 spiro atoms. The fraction of sp³-hybridized carbons (Fsp3) is 0.591. The van der Waals surface area contributed by atoms with E-state index in [0.29, 0.717) is 42.9 Å². The summed E-state index contributed by atoms with van der Waals surface area (Å²) in [6.45, 7) is 8.25. The average Bonchev–Trinajstić information content (AvgIpc) is 3.20. The summed E-state index contributed by atoms with van der Waals surface area (Å²) in [5, 5.41) is 16.6. The van der Waals surface area contributed by atoms with Gasteiger partial charge < -0.3 is 20.3 Å². The smallest absolute Gasteiger partial charge is 0.407 e. The lowest BCUT2D eigenvalue weighted by atomic mass is 10.0. The second-order valence-electron chi connectivity index (χ2n) is 8.35. The predicted octanol–water partition coefficient (Wildman–Crippen LogP) is 2.78. The molecule has 10 nitrogen and oxygen atoms in total. The van der Waals surface area contributed by atoms with Crippen molar-refractivity contribution in [2.45, 2.75) is 59.0 Å². The van der Waals surface area contributed by atoms with E-state index in [4.69, 9.17) is 4.74 Å². The van der Waals surface area contributed by atoms with Gasteiger partial charge in [-0.1, -0.05) is 13.8 Å². The van der Waals surface area contributed by atoms with Crippen LogP contribution in [0.25, 0.3) is 0 Å². The van der Waals surface area contributed by atoms with Crippen LogP contribution < -0.4 is 10.6 Å². The highest BCUT2D eigenvalue weighted by Crippen LogP contribution is 2.24. The number of hydrogen-bond acceptors (Lipinski definition) is 6. The van der Waals surface area contributed by atoms with Crippen molar-refractivity contribution in [2.24, 2.45) is 5.92 Å². The van der Waals surface area contributed by atoms with Gasteiger partial charge in [-0.25, -0.2) is 4.79 Å². The highest BCUT2D eigenvalue weighted by atomic mass is 16.6. The molecular formula is C22H32N4O6. The van der Waals surface area contributed by atoms with Crippen LogP contribution in [0.4, 0.5) is 10.5 Å². The second-order valence-corrected chi connectivity index (χ2v) is 8.35. The number of benzene rings is 1. The average molecular weight is 449 g/mol. The lowest BCUT2D eigenvalue weighted by molar-refractivity contribution is -0.385. The van der Waals surface area contributed by atoms with Crippen LogP contribution in [0.5, 0.6) is 0 Å². The third-order valence-corrected chi connectivity index (χ3v) is 5.33. The summed E-state index contributed by atoms with van der Waals surface area (Å²) in [6.07, 6.45) is 1.35. The monoisotopic (exact) mass is 448 g/mol. The topological polar surface area (TPSA) is 131 Å². The van der Waals surface area contributed by atoms with Crippen molar-refractivity contribution in [1.82, 2.24) is 15.5 Å². The van der Waals surface area contributed by atoms with Crippen molar-refractivity contribution in [2.75, 3.05) is 19.7 Å². The number of aryl methyl sites for hydroxylation is 1. The van der Waals surface area contributed by atoms with E-state index in [-0.39, 0.29) is 36.7 Å². The normalized spacial score (nSPS) is 16.5. The molecule has 1 fully saturated rings. The van der Waals surface area contributed by atoms with Crippen molar-refractivity contribution in [3.63, 3.8) is 0 Å². The minimum absolute atomic E-state index is 0.0532. The van der Waals surface area contributed by atoms with Crippen molar-refractivity contribution in [3.05, 3.63) is 39.4 Å². The minimum Gasteiger partial charge on any atom is -0.450 e. The molecule has 1 aliphatic heterocycles. The molecule has 0 aliphatic carbocycles. The van der Waals surface area contributed by atoms with Gasteiger partial charge in [0, 0.05) is 36.3 Å². The maximum atomic E-state index is 13.0. The summed E-state index contributed by atoms with van der Waals surface area (Å²) in [5.41, 5.74) is 0.652. The molecule has 0 bridgehead atoms. The SMILES string of the molecule is CCOC(=O)NC(CNC(=O)C1CCCN1C(=O)c1ccc([N+](=O)[O-])c(C)c1)CC(C)C. The van der Waals surface area contributed by atoms with Crippen molar-refractivity contribution in [3.8, 4) is 0 Å². The molecule has 2 rings (SSSR count). The molecule has 0 radical (unpaired) electrons. The van der Waals surface area contributed by atoms with E-state index in [1.807, 2.05) is 13.8 Å². The van der Waals surface area contributed by atoms with Gasteiger partial charge in [0.15, 0.2) is 0 Å². The third-order valence-electron chi connectivity index (χ3n) is 5.33. The number of nitrogens with zero attached hydrogens (tertiary/aromatic N) is 2. The summed E-state index contributed by atoms with van der Waals surface area (Å²) in [4.78, 5) is 49.7. The van der Waals surface area contributed by atoms with Gasteiger partial charge in [0.25, 0.3) is 11.6 Å². The number of nitro groups is 1. The second kappa shape index (κ2) is 11.4. The number of hydrogen-bond donors (Lipinski definition) is 2. The number of nitrogens with one attached hydrogen (secondary N) is 2. The van der Waals surface area contributed by atoms with Crippen LogP contribution in [0, 0.1) is 23.0 Å². The summed E-state index contributed by atoms with van der Waals surface area (Å²) in [7, 11) is 0. The molecule has 10 heteroatoms. The van der Waals surface area contributed by atoms with Gasteiger partial charge in [-0.3, -0.25) is 19.7 Å². The molecule has 3 amide bonds. The minimum atomic E-state index is -0.625. The van der Waals surface area contributed by atoms with Gasteiger partial charge in [-0.2, -0.15) is 0 Å². The molecule has 2 N–H and O–H groups in total. The number of ether oxygens (including phenoxy) is 1. The Balaban J connectivity index is 2.04. The zero-order chi connectivity index (χ0) is 23.8. The fourth-order valence-corrected chi connectivity index (χ4v) is 3.88. The quantitative estimate of drug-likeness (QED) is 0.441. The van der Waals surface area contributed by atoms with Crippen molar-refractivity contribution >= 4 is 23.6 Å². The highest BCUT2D eigenvalue weighted by molar-refractivity contribution is 5.98. The Hall–Kier alpha value is -3.17. The Kier molecular flexibility index (Phi) is 8.98. The number of carbonyl (C=O) groups excluding carboxylic acids is 3. The zero-order valence-electron chi connectivity index (χ0n) is 19.1. The summed E-state index contributed by atoms with van der Waals surface area (Å²) >= 11 is 0. The van der Waals surface area contributed by atoms with Crippen LogP contribution in [-0.4, -0.2) is 59.5 Å². The van der Waals surface area contributed by atoms with Crippen LogP contribution in [0.3, 0.4) is 0 Å². The molecule has 2 unspecified atom stereocenters. The highest BCUT2D eigenvalue weighted by Gasteiger charge is 2.35. The number of alkyl carbamates (subject to hydrolysis) is 1. The molecule has 1 aromatic carbocycles. The Bertz CT molecular complexity index is 857. The van der Waals surface area contributed by atoms with Crippen molar-refractivity contribution in [1.29, 1.82) is 0 Å². The maximum Gasteiger partial charge on any atom is 0.407 e. The van der Waals surface area contributed by atoms with Gasteiger partial charge in [-0.05, 0) is 51.2 Å². The number of likely N-dealkylation sites (tertiary alicyclic amines) is 1. The number of rotatable bonds is 9. The molecule has 2 atom stereocenters. The molecule has 0 saturated carbocycles. The summed E-state index contributed by atoms with van der Waals surface area (Å²) in [6, 6.07) is 3.30. The van der Waals surface area contributed by atoms with E-state index < -0.39 is 17.1 Å². The summed E-state index contributed by atoms with van der Waals surface area (Å²) in [5.74, 6) is -0.313. The van der Waals surface area contributed by atoms with E-state index in [2.05, 4.69) is 10.6 Å². The van der Waals surface area contributed by atoms with Gasteiger partial charge in [-0.15, -0.1) is 0 Å². The zero-order valence-corrected chi connectivity index (χ0v) is 19.1. The molecule has 1 heterocycles. The Morgan fingerprint density at radius 2 is 2.03 bits per heavy atom. The van der Waals surface area contributed by atoms with Crippen LogP contribution >= 0.6 is 0 Å². The Morgan fingerprint density at radius 3 is 2.62 bits per heavy atom. The van der Waals surface area contributed by atoms with E-state index >= 15 is 0 Å². The van der Waals surface area contributed by atoms with Crippen molar-refractivity contribution < 1.29 is 24.0 Å². The number of nitro benzene ring substituents is 1. The largest absolute Gasteiger partial charge is 0.450 e. The van der Waals surface area contributed by atoms with Gasteiger partial charge >= 0.3 is 6.09 Å². The molecule has 0 aromatic heterocycles. The molecule has 1 aliphatic rings. The van der Waals surface area contributed by atoms with Gasteiger partial charge in [0.2, 0.25) is 5.91 Å². The first-order valence-corrected chi connectivity index (χ1v) is 10.9. The van der Waals surface area contributed by atoms with Crippen LogP contribution in [0.15, 0.2) is 18.2 Å². The van der Waals surface area contributed by atoms with Gasteiger partial charge in [0.1, 0.15) is 6.04 Å². The lowest BCUT2D eigenvalue weighted by Crippen LogP contribution is -2.50. The first-order valence-electron chi connectivity index (χ1n) is 10.9. The molecule has 1 saturated heterocycles. The first-order chi connectivity index (χ1) is 15.1. The maximum absolute atomic E-state index is 13.0. The lowest BCUT2D eigenvalue weighted by Gasteiger charge is -2.26. The van der Waals surface area contributed by atoms with E-state index in [9.17, 15) is 24.5 Å². The third kappa shape index (κ3) is 6.66. The number of amides is 3.